The highest BCUT2D eigenvalue weighted by molar-refractivity contribution is 5.69. The molecule has 176 valence electrons. The Hall–Kier alpha value is -2.29. The number of hydrogen-bond donors (Lipinski definition) is 0. The molecule has 0 spiro atoms. The van der Waals surface area contributed by atoms with Crippen LogP contribution in [0.5, 0.6) is 5.75 Å². The lowest BCUT2D eigenvalue weighted by molar-refractivity contribution is -0.148. The van der Waals surface area contributed by atoms with Crippen LogP contribution in [-0.4, -0.2) is 12.6 Å². The molecule has 1 unspecified atom stereocenters. The summed E-state index contributed by atoms with van der Waals surface area (Å²) in [5, 5.41) is 0. The van der Waals surface area contributed by atoms with E-state index in [-0.39, 0.29) is 12.1 Å². The highest BCUT2D eigenvalue weighted by Crippen LogP contribution is 2.26. The molecular weight excluding hydrogens is 396 g/mol. The lowest BCUT2D eigenvalue weighted by atomic mass is 10.0. The first-order valence-corrected chi connectivity index (χ1v) is 12.7. The SMILES string of the molecule is CCCCCCCCCOc1ccc(-c2ccc(C(C)OC(=O)CCCCC)cc2)cc1. The molecular formula is C29H42O3. The van der Waals surface area contributed by atoms with Gasteiger partial charge in [-0.3, -0.25) is 4.79 Å². The monoisotopic (exact) mass is 438 g/mol. The molecule has 0 aromatic heterocycles. The van der Waals surface area contributed by atoms with Crippen molar-refractivity contribution in [3.05, 3.63) is 54.1 Å². The summed E-state index contributed by atoms with van der Waals surface area (Å²) in [6, 6.07) is 16.6. The molecule has 2 aromatic carbocycles. The van der Waals surface area contributed by atoms with Crippen LogP contribution in [-0.2, 0) is 9.53 Å². The molecule has 0 fully saturated rings. The van der Waals surface area contributed by atoms with Gasteiger partial charge in [0, 0.05) is 6.42 Å². The molecule has 3 heteroatoms. The van der Waals surface area contributed by atoms with E-state index in [1.165, 1.54) is 38.5 Å². The van der Waals surface area contributed by atoms with Crippen LogP contribution in [0.4, 0.5) is 0 Å². The Bertz CT molecular complexity index is 749. The zero-order valence-electron chi connectivity index (χ0n) is 20.4. The van der Waals surface area contributed by atoms with Crippen LogP contribution in [0, 0.1) is 0 Å². The van der Waals surface area contributed by atoms with Crippen LogP contribution < -0.4 is 4.74 Å². The van der Waals surface area contributed by atoms with E-state index < -0.39 is 0 Å². The standard InChI is InChI=1S/C29H42O3/c1-4-6-8-9-10-11-13-23-31-28-21-19-27(20-22-28)26-17-15-25(16-18-26)24(3)32-29(30)14-12-7-5-2/h15-22,24H,4-14,23H2,1-3H3. The summed E-state index contributed by atoms with van der Waals surface area (Å²) in [4.78, 5) is 12.0. The van der Waals surface area contributed by atoms with Crippen molar-refractivity contribution >= 4 is 5.97 Å². The van der Waals surface area contributed by atoms with Crippen molar-refractivity contribution in [2.24, 2.45) is 0 Å². The fourth-order valence-electron chi connectivity index (χ4n) is 3.78. The van der Waals surface area contributed by atoms with Crippen LogP contribution in [0.25, 0.3) is 11.1 Å². The zero-order chi connectivity index (χ0) is 23.0. The Morgan fingerprint density at radius 2 is 1.25 bits per heavy atom. The van der Waals surface area contributed by atoms with Crippen molar-refractivity contribution in [2.75, 3.05) is 6.61 Å². The van der Waals surface area contributed by atoms with Gasteiger partial charge in [0.15, 0.2) is 0 Å². The summed E-state index contributed by atoms with van der Waals surface area (Å²) >= 11 is 0. The first-order valence-electron chi connectivity index (χ1n) is 12.7. The molecule has 1 atom stereocenters. The van der Waals surface area contributed by atoms with E-state index in [1.54, 1.807) is 0 Å². The summed E-state index contributed by atoms with van der Waals surface area (Å²) < 4.78 is 11.5. The van der Waals surface area contributed by atoms with Gasteiger partial charge in [-0.1, -0.05) is 102 Å². The van der Waals surface area contributed by atoms with Crippen LogP contribution in [0.15, 0.2) is 48.5 Å². The summed E-state index contributed by atoms with van der Waals surface area (Å²) in [5.41, 5.74) is 3.32. The molecule has 0 bridgehead atoms. The maximum atomic E-state index is 12.0. The Labute approximate surface area is 195 Å². The predicted molar refractivity (Wildman–Crippen MR) is 134 cm³/mol. The topological polar surface area (TPSA) is 35.5 Å². The van der Waals surface area contributed by atoms with Crippen molar-refractivity contribution in [1.29, 1.82) is 0 Å². The highest BCUT2D eigenvalue weighted by atomic mass is 16.5. The number of carbonyl (C=O) groups excluding carboxylic acids is 1. The molecule has 0 aliphatic rings. The van der Waals surface area contributed by atoms with E-state index >= 15 is 0 Å². The molecule has 0 aliphatic heterocycles. The number of esters is 1. The van der Waals surface area contributed by atoms with Crippen LogP contribution >= 0.6 is 0 Å². The summed E-state index contributed by atoms with van der Waals surface area (Å²) in [6.07, 6.45) is 12.4. The lowest BCUT2D eigenvalue weighted by Crippen LogP contribution is -2.08. The first-order chi connectivity index (χ1) is 15.6. The molecule has 32 heavy (non-hydrogen) atoms. The van der Waals surface area contributed by atoms with E-state index in [0.29, 0.717) is 6.42 Å². The molecule has 0 heterocycles. The highest BCUT2D eigenvalue weighted by Gasteiger charge is 2.11. The van der Waals surface area contributed by atoms with Crippen molar-refractivity contribution in [1.82, 2.24) is 0 Å². The number of hydrogen-bond acceptors (Lipinski definition) is 3. The number of unbranched alkanes of at least 4 members (excludes halogenated alkanes) is 8. The first kappa shape index (κ1) is 26.0. The van der Waals surface area contributed by atoms with Gasteiger partial charge in [-0.2, -0.15) is 0 Å². The number of carbonyl (C=O) groups is 1. The fraction of sp³-hybridized carbons (Fsp3) is 0.552. The van der Waals surface area contributed by atoms with Gasteiger partial charge in [0.05, 0.1) is 6.61 Å². The van der Waals surface area contributed by atoms with Crippen molar-refractivity contribution < 1.29 is 14.3 Å². The van der Waals surface area contributed by atoms with Crippen molar-refractivity contribution in [3.8, 4) is 16.9 Å². The molecule has 0 amide bonds. The Morgan fingerprint density at radius 1 is 0.719 bits per heavy atom. The van der Waals surface area contributed by atoms with Crippen LogP contribution in [0.3, 0.4) is 0 Å². The molecule has 3 nitrogen and oxygen atoms in total. The van der Waals surface area contributed by atoms with E-state index in [2.05, 4.69) is 38.1 Å². The molecule has 0 saturated carbocycles. The van der Waals surface area contributed by atoms with E-state index in [4.69, 9.17) is 9.47 Å². The van der Waals surface area contributed by atoms with E-state index in [9.17, 15) is 4.79 Å². The van der Waals surface area contributed by atoms with Crippen molar-refractivity contribution in [2.45, 2.75) is 97.5 Å². The molecule has 0 N–H and O–H groups in total. The Kier molecular flexibility index (Phi) is 12.6. The van der Waals surface area contributed by atoms with Crippen LogP contribution in [0.1, 0.15) is 103 Å². The average molecular weight is 439 g/mol. The molecule has 0 radical (unpaired) electrons. The third kappa shape index (κ3) is 9.89. The van der Waals surface area contributed by atoms with Gasteiger partial charge in [0.25, 0.3) is 0 Å². The second-order valence-electron chi connectivity index (χ2n) is 8.71. The quantitative estimate of drug-likeness (QED) is 0.194. The van der Waals surface area contributed by atoms with Gasteiger partial charge in [-0.25, -0.2) is 0 Å². The Balaban J connectivity index is 1.75. The smallest absolute Gasteiger partial charge is 0.306 e. The Morgan fingerprint density at radius 3 is 1.88 bits per heavy atom. The average Bonchev–Trinajstić information content (AvgIpc) is 2.81. The van der Waals surface area contributed by atoms with E-state index in [0.717, 1.165) is 54.7 Å². The summed E-state index contributed by atoms with van der Waals surface area (Å²) in [5.74, 6) is 0.821. The zero-order valence-corrected chi connectivity index (χ0v) is 20.4. The third-order valence-corrected chi connectivity index (χ3v) is 5.88. The minimum Gasteiger partial charge on any atom is -0.494 e. The predicted octanol–water partition coefficient (Wildman–Crippen LogP) is 8.67. The number of ether oxygens (including phenoxy) is 2. The maximum Gasteiger partial charge on any atom is 0.306 e. The minimum absolute atomic E-state index is 0.109. The maximum absolute atomic E-state index is 12.0. The van der Waals surface area contributed by atoms with Gasteiger partial charge in [0.2, 0.25) is 0 Å². The van der Waals surface area contributed by atoms with Gasteiger partial charge < -0.3 is 9.47 Å². The van der Waals surface area contributed by atoms with Gasteiger partial charge in [-0.05, 0) is 48.6 Å². The molecule has 0 saturated heterocycles. The van der Waals surface area contributed by atoms with Crippen LogP contribution in [0.2, 0.25) is 0 Å². The minimum atomic E-state index is -0.222. The lowest BCUT2D eigenvalue weighted by Gasteiger charge is -2.14. The number of rotatable bonds is 16. The summed E-state index contributed by atoms with van der Waals surface area (Å²) in [6.45, 7) is 7.11. The second kappa shape index (κ2) is 15.5. The molecule has 0 aliphatic carbocycles. The molecule has 2 aromatic rings. The number of benzene rings is 2. The van der Waals surface area contributed by atoms with Gasteiger partial charge >= 0.3 is 5.97 Å². The normalized spacial score (nSPS) is 11.8. The van der Waals surface area contributed by atoms with Gasteiger partial charge in [0.1, 0.15) is 11.9 Å². The van der Waals surface area contributed by atoms with Gasteiger partial charge in [-0.15, -0.1) is 0 Å². The fourth-order valence-corrected chi connectivity index (χ4v) is 3.78. The van der Waals surface area contributed by atoms with E-state index in [1.807, 2.05) is 31.2 Å². The largest absolute Gasteiger partial charge is 0.494 e. The van der Waals surface area contributed by atoms with Crippen molar-refractivity contribution in [3.63, 3.8) is 0 Å². The third-order valence-electron chi connectivity index (χ3n) is 5.88. The summed E-state index contributed by atoms with van der Waals surface area (Å²) in [7, 11) is 0. The molecule has 2 rings (SSSR count). The second-order valence-corrected chi connectivity index (χ2v) is 8.71.